The standard InChI is InChI=1S/C23H15BrClN5O/c24-15-5-3-13(4-6-15)22-19-20(17-10-16(25)7-8-18(17)31-22)29-23-27-12-28-30(23)21(19)14-2-1-9-26-11-14/h1-12,21-22H,(H,27,28,29)/t21-,22+/m0/s1. The Hall–Kier alpha value is -3.16. The van der Waals surface area contributed by atoms with Gasteiger partial charge in [-0.2, -0.15) is 10.1 Å². The zero-order chi connectivity index (χ0) is 20.9. The number of ether oxygens (including phenoxy) is 1. The molecular formula is C23H15BrClN5O. The molecule has 152 valence electrons. The minimum Gasteiger partial charge on any atom is -0.480 e. The van der Waals surface area contributed by atoms with E-state index in [9.17, 15) is 0 Å². The van der Waals surface area contributed by atoms with Crippen LogP contribution in [0.1, 0.15) is 28.8 Å². The van der Waals surface area contributed by atoms with Crippen LogP contribution in [0.3, 0.4) is 0 Å². The van der Waals surface area contributed by atoms with Crippen molar-refractivity contribution in [1.29, 1.82) is 0 Å². The van der Waals surface area contributed by atoms with Gasteiger partial charge in [0.1, 0.15) is 24.2 Å². The van der Waals surface area contributed by atoms with Crippen molar-refractivity contribution in [2.45, 2.75) is 12.1 Å². The fourth-order valence-electron chi connectivity index (χ4n) is 4.21. The third-order valence-electron chi connectivity index (χ3n) is 5.55. The van der Waals surface area contributed by atoms with E-state index in [2.05, 4.69) is 48.4 Å². The average molecular weight is 493 g/mol. The summed E-state index contributed by atoms with van der Waals surface area (Å²) in [5.41, 5.74) is 4.91. The molecule has 8 heteroatoms. The maximum absolute atomic E-state index is 6.57. The Balaban J connectivity index is 1.64. The SMILES string of the molecule is Clc1ccc2c(c1)C1=C([C@H](c3cccnc3)n3ncnc3N1)[C@@H](c1ccc(Br)cc1)O2. The Morgan fingerprint density at radius 2 is 1.94 bits per heavy atom. The Labute approximate surface area is 191 Å². The molecule has 0 amide bonds. The van der Waals surface area contributed by atoms with E-state index in [1.165, 1.54) is 0 Å². The Kier molecular flexibility index (Phi) is 4.33. The molecule has 0 aliphatic carbocycles. The summed E-state index contributed by atoms with van der Waals surface area (Å²) < 4.78 is 9.46. The molecule has 1 N–H and O–H groups in total. The van der Waals surface area contributed by atoms with Crippen LogP contribution in [-0.2, 0) is 0 Å². The first kappa shape index (κ1) is 18.6. The second-order valence-electron chi connectivity index (χ2n) is 7.36. The van der Waals surface area contributed by atoms with Gasteiger partial charge in [0.05, 0.1) is 5.70 Å². The summed E-state index contributed by atoms with van der Waals surface area (Å²) in [5.74, 6) is 1.43. The number of fused-ring (bicyclic) bond motifs is 3. The topological polar surface area (TPSA) is 64.9 Å². The lowest BCUT2D eigenvalue weighted by atomic mass is 9.85. The maximum atomic E-state index is 6.57. The molecule has 0 unspecified atom stereocenters. The molecule has 2 aliphatic heterocycles. The number of halogens is 2. The van der Waals surface area contributed by atoms with Crippen LogP contribution in [0.15, 0.2) is 83.4 Å². The molecule has 0 saturated heterocycles. The van der Waals surface area contributed by atoms with E-state index >= 15 is 0 Å². The summed E-state index contributed by atoms with van der Waals surface area (Å²) >= 11 is 9.88. The minimum absolute atomic E-state index is 0.233. The molecule has 2 aliphatic rings. The molecule has 0 fully saturated rings. The summed E-state index contributed by atoms with van der Waals surface area (Å²) in [4.78, 5) is 8.78. The van der Waals surface area contributed by atoms with Gasteiger partial charge < -0.3 is 10.1 Å². The van der Waals surface area contributed by atoms with E-state index in [0.717, 1.165) is 38.2 Å². The summed E-state index contributed by atoms with van der Waals surface area (Å²) in [6.07, 6.45) is 4.85. The number of pyridine rings is 1. The van der Waals surface area contributed by atoms with Crippen molar-refractivity contribution < 1.29 is 4.74 Å². The number of nitrogens with zero attached hydrogens (tertiary/aromatic N) is 4. The molecule has 0 bridgehead atoms. The van der Waals surface area contributed by atoms with Crippen LogP contribution in [-0.4, -0.2) is 19.7 Å². The number of anilines is 1. The lowest BCUT2D eigenvalue weighted by Gasteiger charge is -2.38. The van der Waals surface area contributed by atoms with Gasteiger partial charge in [-0.1, -0.05) is 45.7 Å². The van der Waals surface area contributed by atoms with E-state index < -0.39 is 0 Å². The molecular weight excluding hydrogens is 478 g/mol. The van der Waals surface area contributed by atoms with E-state index in [1.54, 1.807) is 12.5 Å². The lowest BCUT2D eigenvalue weighted by molar-refractivity contribution is 0.223. The minimum atomic E-state index is -0.327. The van der Waals surface area contributed by atoms with Crippen molar-refractivity contribution >= 4 is 39.2 Å². The quantitative estimate of drug-likeness (QED) is 0.392. The van der Waals surface area contributed by atoms with E-state index in [1.807, 2.05) is 53.3 Å². The summed E-state index contributed by atoms with van der Waals surface area (Å²) in [7, 11) is 0. The van der Waals surface area contributed by atoms with E-state index in [-0.39, 0.29) is 12.1 Å². The van der Waals surface area contributed by atoms with Crippen molar-refractivity contribution in [1.82, 2.24) is 19.7 Å². The average Bonchev–Trinajstić information content (AvgIpc) is 3.27. The van der Waals surface area contributed by atoms with Gasteiger partial charge in [0.25, 0.3) is 0 Å². The monoisotopic (exact) mass is 491 g/mol. The van der Waals surface area contributed by atoms with Gasteiger partial charge in [-0.05, 0) is 47.5 Å². The molecule has 0 radical (unpaired) electrons. The lowest BCUT2D eigenvalue weighted by Crippen LogP contribution is -2.32. The van der Waals surface area contributed by atoms with E-state index in [0.29, 0.717) is 11.0 Å². The van der Waals surface area contributed by atoms with Crippen LogP contribution in [0.4, 0.5) is 5.95 Å². The highest BCUT2D eigenvalue weighted by molar-refractivity contribution is 9.10. The first-order valence-corrected chi connectivity index (χ1v) is 10.9. The van der Waals surface area contributed by atoms with Crippen molar-refractivity contribution in [2.24, 2.45) is 0 Å². The number of rotatable bonds is 2. The normalized spacial score (nSPS) is 19.0. The second kappa shape index (κ2) is 7.21. The molecule has 2 aromatic heterocycles. The van der Waals surface area contributed by atoms with Crippen LogP contribution in [0, 0.1) is 0 Å². The van der Waals surface area contributed by atoms with Crippen LogP contribution < -0.4 is 10.1 Å². The Bertz CT molecular complexity index is 1320. The van der Waals surface area contributed by atoms with Gasteiger partial charge >= 0.3 is 0 Å². The van der Waals surface area contributed by atoms with Crippen LogP contribution in [0.2, 0.25) is 5.02 Å². The van der Waals surface area contributed by atoms with Crippen molar-refractivity contribution in [3.05, 3.63) is 105 Å². The van der Waals surface area contributed by atoms with Gasteiger partial charge in [0, 0.05) is 33.0 Å². The first-order chi connectivity index (χ1) is 15.2. The highest BCUT2D eigenvalue weighted by Gasteiger charge is 2.41. The van der Waals surface area contributed by atoms with Crippen LogP contribution in [0.5, 0.6) is 5.75 Å². The van der Waals surface area contributed by atoms with Crippen molar-refractivity contribution in [2.75, 3.05) is 5.32 Å². The van der Waals surface area contributed by atoms with Crippen LogP contribution in [0.25, 0.3) is 5.70 Å². The number of hydrogen-bond acceptors (Lipinski definition) is 5. The van der Waals surface area contributed by atoms with Crippen molar-refractivity contribution in [3.8, 4) is 5.75 Å². The number of nitrogens with one attached hydrogen (secondary N) is 1. The zero-order valence-corrected chi connectivity index (χ0v) is 18.4. The number of benzene rings is 2. The Morgan fingerprint density at radius 3 is 2.74 bits per heavy atom. The first-order valence-electron chi connectivity index (χ1n) is 9.71. The second-order valence-corrected chi connectivity index (χ2v) is 8.71. The molecule has 6 nitrogen and oxygen atoms in total. The van der Waals surface area contributed by atoms with Gasteiger partial charge in [-0.3, -0.25) is 4.98 Å². The largest absolute Gasteiger partial charge is 0.480 e. The molecule has 4 aromatic rings. The smallest absolute Gasteiger partial charge is 0.226 e. The van der Waals surface area contributed by atoms with Gasteiger partial charge in [0.2, 0.25) is 5.95 Å². The van der Waals surface area contributed by atoms with Crippen molar-refractivity contribution in [3.63, 3.8) is 0 Å². The highest BCUT2D eigenvalue weighted by atomic mass is 79.9. The predicted molar refractivity (Wildman–Crippen MR) is 122 cm³/mol. The molecule has 6 rings (SSSR count). The third-order valence-corrected chi connectivity index (χ3v) is 6.31. The van der Waals surface area contributed by atoms with E-state index in [4.69, 9.17) is 16.3 Å². The summed E-state index contributed by atoms with van der Waals surface area (Å²) in [6.45, 7) is 0. The fraction of sp³-hybridized carbons (Fsp3) is 0.0870. The predicted octanol–water partition coefficient (Wildman–Crippen LogP) is 5.65. The molecule has 0 spiro atoms. The van der Waals surface area contributed by atoms with Gasteiger partial charge in [0.15, 0.2) is 0 Å². The molecule has 2 atom stereocenters. The maximum Gasteiger partial charge on any atom is 0.226 e. The molecule has 0 saturated carbocycles. The molecule has 2 aromatic carbocycles. The number of hydrogen-bond donors (Lipinski definition) is 1. The Morgan fingerprint density at radius 1 is 1.06 bits per heavy atom. The zero-order valence-electron chi connectivity index (χ0n) is 16.0. The fourth-order valence-corrected chi connectivity index (χ4v) is 4.65. The van der Waals surface area contributed by atoms with Gasteiger partial charge in [-0.15, -0.1) is 0 Å². The van der Waals surface area contributed by atoms with Gasteiger partial charge in [-0.25, -0.2) is 4.68 Å². The van der Waals surface area contributed by atoms with Crippen LogP contribution >= 0.6 is 27.5 Å². The number of aromatic nitrogens is 4. The molecule has 4 heterocycles. The summed E-state index contributed by atoms with van der Waals surface area (Å²) in [6, 6.07) is 17.6. The third kappa shape index (κ3) is 3.04. The molecule has 31 heavy (non-hydrogen) atoms. The highest BCUT2D eigenvalue weighted by Crippen LogP contribution is 2.50. The summed E-state index contributed by atoms with van der Waals surface area (Å²) in [5, 5.41) is 8.63.